The molecule has 4 aromatic rings. The topological polar surface area (TPSA) is 119 Å². The van der Waals surface area contributed by atoms with Gasteiger partial charge in [-0.25, -0.2) is 0 Å². The number of hydrogen-bond acceptors (Lipinski definition) is 0. The zero-order valence-corrected chi connectivity index (χ0v) is 24.1. The van der Waals surface area contributed by atoms with Gasteiger partial charge in [0.05, 0.1) is 0 Å². The van der Waals surface area contributed by atoms with Crippen LogP contribution in [0.1, 0.15) is 22.3 Å². The predicted molar refractivity (Wildman–Crippen MR) is 141 cm³/mol. The summed E-state index contributed by atoms with van der Waals surface area (Å²) < 4.78 is 45.0. The standard InChI is InChI=1S/C28H22.6CO.2Fe/c1-5-13-23(14-6-1)27(24-15-7-2-8-16-24)21-22-28(25-17-9-3-10-18-25)26-19-11-4-12-20-26;6*1-2;;/h1-22H;;;;;;;;. The molecule has 42 heavy (non-hydrogen) atoms. The number of benzene rings is 4. The molecule has 0 N–H and O–H groups in total. The first-order valence-electron chi connectivity index (χ1n) is 10.8. The molecule has 0 saturated carbocycles. The molecule has 0 amide bonds. The Bertz CT molecular complexity index is 1030. The van der Waals surface area contributed by atoms with E-state index in [0.29, 0.717) is 0 Å². The zero-order valence-electron chi connectivity index (χ0n) is 21.9. The SMILES string of the molecule is [C-]#[O+].[C-]#[O+].[C-]#[O+].[C-]#[O+].[C-]#[O+].[C-]#[O+].[CH]([CH][C](c1ccccc1)c1ccccc1)[C](c1ccccc1)c1ccccc1.[Fe].[Fe]. The van der Waals surface area contributed by atoms with Crippen LogP contribution in [-0.4, -0.2) is 0 Å². The average molecular weight is 638 g/mol. The quantitative estimate of drug-likeness (QED) is 0.125. The number of rotatable bonds is 7. The smallest absolute Gasteiger partial charge is 0.0377 e. The Morgan fingerprint density at radius 1 is 0.310 bits per heavy atom. The van der Waals surface area contributed by atoms with Crippen LogP contribution in [-0.2, 0) is 62.1 Å². The van der Waals surface area contributed by atoms with E-state index in [0.717, 1.165) is 0 Å². The summed E-state index contributed by atoms with van der Waals surface area (Å²) in [5, 5.41) is 0. The molecule has 0 fully saturated rings. The summed E-state index contributed by atoms with van der Waals surface area (Å²) in [5.41, 5.74) is 4.85. The van der Waals surface area contributed by atoms with Gasteiger partial charge in [0.25, 0.3) is 0 Å². The Kier molecular flexibility index (Phi) is 42.8. The van der Waals surface area contributed by atoms with Crippen molar-refractivity contribution in [3.8, 4) is 0 Å². The van der Waals surface area contributed by atoms with Crippen molar-refractivity contribution in [2.45, 2.75) is 0 Å². The van der Waals surface area contributed by atoms with E-state index in [4.69, 9.17) is 27.9 Å². The van der Waals surface area contributed by atoms with Gasteiger partial charge in [-0.1, -0.05) is 121 Å². The maximum atomic E-state index is 7.50. The minimum absolute atomic E-state index is 0. The molecule has 0 saturated heterocycles. The van der Waals surface area contributed by atoms with E-state index in [-0.39, 0.29) is 34.1 Å². The van der Waals surface area contributed by atoms with E-state index in [1.54, 1.807) is 0 Å². The van der Waals surface area contributed by atoms with Crippen molar-refractivity contribution in [1.29, 1.82) is 0 Å². The van der Waals surface area contributed by atoms with E-state index in [9.17, 15) is 0 Å². The molecule has 0 aliphatic heterocycles. The molecule has 0 spiro atoms. The van der Waals surface area contributed by atoms with Crippen molar-refractivity contribution in [3.63, 3.8) is 0 Å². The van der Waals surface area contributed by atoms with Gasteiger partial charge in [-0.2, -0.15) is 0 Å². The van der Waals surface area contributed by atoms with Crippen LogP contribution in [0.15, 0.2) is 121 Å². The van der Waals surface area contributed by atoms with Crippen LogP contribution in [0.2, 0.25) is 0 Å². The third-order valence-electron chi connectivity index (χ3n) is 4.76. The third kappa shape index (κ3) is 18.7. The zero-order chi connectivity index (χ0) is 31.0. The summed E-state index contributed by atoms with van der Waals surface area (Å²) in [6.45, 7) is 27.0. The first kappa shape index (κ1) is 48.1. The minimum Gasteiger partial charge on any atom is -0.0622 e. The summed E-state index contributed by atoms with van der Waals surface area (Å²) in [4.78, 5) is 0. The van der Waals surface area contributed by atoms with Crippen LogP contribution in [0.5, 0.6) is 0 Å². The normalized spacial score (nSPS) is 7.67. The first-order chi connectivity index (χ1) is 19.9. The summed E-state index contributed by atoms with van der Waals surface area (Å²) in [5.74, 6) is 2.43. The molecule has 0 aromatic heterocycles. The van der Waals surface area contributed by atoms with Gasteiger partial charge in [-0.15, -0.1) is 0 Å². The van der Waals surface area contributed by atoms with Gasteiger partial charge in [0.15, 0.2) is 0 Å². The van der Waals surface area contributed by atoms with E-state index < -0.39 is 0 Å². The van der Waals surface area contributed by atoms with Gasteiger partial charge in [0.1, 0.15) is 0 Å². The van der Waals surface area contributed by atoms with Gasteiger partial charge in [0.2, 0.25) is 0 Å². The van der Waals surface area contributed by atoms with E-state index in [2.05, 4.69) is 174 Å². The molecule has 0 atom stereocenters. The maximum absolute atomic E-state index is 7.50. The monoisotopic (exact) mass is 638 g/mol. The molecule has 0 heterocycles. The van der Waals surface area contributed by atoms with Gasteiger partial charge in [-0.3, -0.25) is 0 Å². The van der Waals surface area contributed by atoms with E-state index in [1.165, 1.54) is 34.1 Å². The molecule has 4 rings (SSSR count). The number of hydrogen-bond donors (Lipinski definition) is 0. The van der Waals surface area contributed by atoms with Crippen molar-refractivity contribution < 1.29 is 62.1 Å². The third-order valence-corrected chi connectivity index (χ3v) is 4.76. The molecule has 6 nitrogen and oxygen atoms in total. The largest absolute Gasteiger partial charge is 0.0622 e. The van der Waals surface area contributed by atoms with E-state index >= 15 is 0 Å². The van der Waals surface area contributed by atoms with Crippen LogP contribution < -0.4 is 0 Å². The van der Waals surface area contributed by atoms with Crippen LogP contribution in [0, 0.1) is 64.6 Å². The summed E-state index contributed by atoms with van der Waals surface area (Å²) in [6, 6.07) is 42.2. The molecule has 8 heteroatoms. The van der Waals surface area contributed by atoms with E-state index in [1.807, 2.05) is 0 Å². The molecule has 4 radical (unpaired) electrons. The molecule has 0 aliphatic carbocycles. The van der Waals surface area contributed by atoms with Crippen molar-refractivity contribution in [2.24, 2.45) is 0 Å². The second-order valence-corrected chi connectivity index (χ2v) is 6.62. The van der Waals surface area contributed by atoms with Crippen LogP contribution in [0.4, 0.5) is 0 Å². The first-order valence-corrected chi connectivity index (χ1v) is 10.8. The van der Waals surface area contributed by atoms with Gasteiger partial charge in [-0.05, 0) is 35.1 Å². The van der Waals surface area contributed by atoms with Gasteiger partial charge in [0, 0.05) is 46.0 Å². The average Bonchev–Trinajstić information content (AvgIpc) is 3.10. The predicted octanol–water partition coefficient (Wildman–Crippen LogP) is 6.51. The van der Waals surface area contributed by atoms with Crippen molar-refractivity contribution in [2.75, 3.05) is 0 Å². The molecule has 0 unspecified atom stereocenters. The summed E-state index contributed by atoms with van der Waals surface area (Å²) in [7, 11) is 0. The molecular weight excluding hydrogens is 616 g/mol. The van der Waals surface area contributed by atoms with Gasteiger partial charge >= 0.3 is 67.8 Å². The van der Waals surface area contributed by atoms with Crippen molar-refractivity contribution in [3.05, 3.63) is 208 Å². The van der Waals surface area contributed by atoms with Crippen LogP contribution in [0.25, 0.3) is 0 Å². The fourth-order valence-electron chi connectivity index (χ4n) is 3.36. The molecular formula is C34H22Fe2O6. The molecule has 0 aliphatic rings. The summed E-state index contributed by atoms with van der Waals surface area (Å²) >= 11 is 0. The maximum Gasteiger partial charge on any atom is 0.0377 e. The Hall–Kier alpha value is -3.64. The Labute approximate surface area is 269 Å². The molecule has 4 aromatic carbocycles. The Morgan fingerprint density at radius 2 is 0.452 bits per heavy atom. The van der Waals surface area contributed by atoms with Crippen LogP contribution in [0.3, 0.4) is 0 Å². The second kappa shape index (κ2) is 37.4. The fourth-order valence-corrected chi connectivity index (χ4v) is 3.36. The minimum atomic E-state index is 0. The summed E-state index contributed by atoms with van der Waals surface area (Å²) in [6.07, 6.45) is 4.47. The Balaban J connectivity index is -0.000000292. The molecule has 0 bridgehead atoms. The second-order valence-electron chi connectivity index (χ2n) is 6.62. The van der Waals surface area contributed by atoms with Crippen LogP contribution >= 0.6 is 0 Å². The molecule has 210 valence electrons. The fraction of sp³-hybridized carbons (Fsp3) is 0. The Morgan fingerprint density at radius 3 is 0.595 bits per heavy atom. The van der Waals surface area contributed by atoms with Crippen molar-refractivity contribution in [1.82, 2.24) is 0 Å². The van der Waals surface area contributed by atoms with Crippen molar-refractivity contribution >= 4 is 0 Å². The van der Waals surface area contributed by atoms with Gasteiger partial charge < -0.3 is 0 Å².